The summed E-state index contributed by atoms with van der Waals surface area (Å²) in [6.45, 7) is 9.16. The second-order valence-electron chi connectivity index (χ2n) is 5.39. The van der Waals surface area contributed by atoms with Crippen LogP contribution < -0.4 is 0 Å². The maximum atomic E-state index is 10.3. The van der Waals surface area contributed by atoms with Crippen LogP contribution in [0.4, 0.5) is 0 Å². The van der Waals surface area contributed by atoms with E-state index in [0.29, 0.717) is 5.92 Å². The quantitative estimate of drug-likeness (QED) is 0.640. The van der Waals surface area contributed by atoms with Crippen molar-refractivity contribution in [3.63, 3.8) is 0 Å². The Labute approximate surface area is 85.7 Å². The Hall–Kier alpha value is -0.120. The van der Waals surface area contributed by atoms with Gasteiger partial charge in [-0.25, -0.2) is 0 Å². The van der Waals surface area contributed by atoms with Crippen LogP contribution >= 0.6 is 0 Å². The summed E-state index contributed by atoms with van der Waals surface area (Å²) in [4.78, 5) is 5.13. The molecule has 3 heteroatoms. The molecule has 1 N–H and O–H groups in total. The molecule has 2 unspecified atom stereocenters. The minimum Gasteiger partial charge on any atom is -0.392 e. The van der Waals surface area contributed by atoms with Crippen LogP contribution in [0, 0.1) is 11.3 Å². The zero-order valence-electron chi connectivity index (χ0n) is 8.95. The van der Waals surface area contributed by atoms with E-state index in [1.807, 2.05) is 0 Å². The molecule has 4 fully saturated rings. The lowest BCUT2D eigenvalue weighted by Gasteiger charge is -2.53. The van der Waals surface area contributed by atoms with Gasteiger partial charge in [-0.3, -0.25) is 0 Å². The summed E-state index contributed by atoms with van der Waals surface area (Å²) in [5, 5.41) is 10.3. The second kappa shape index (κ2) is 2.94. The molecule has 0 radical (unpaired) electrons. The summed E-state index contributed by atoms with van der Waals surface area (Å²) in [7, 11) is 0. The Morgan fingerprint density at radius 1 is 1.21 bits per heavy atom. The molecule has 0 spiro atoms. The van der Waals surface area contributed by atoms with E-state index >= 15 is 0 Å². The van der Waals surface area contributed by atoms with E-state index in [9.17, 15) is 5.11 Å². The number of aliphatic hydroxyl groups is 1. The standard InChI is InChI=1S/C11H20N2O/c1-2-11-7-12-3-4-13(8-11)6-9(5-12)10(11)14/h9-10,14H,2-8H2,1H3/t9?,10-,11?/m0/s1. The molecule has 4 bridgehead atoms. The second-order valence-corrected chi connectivity index (χ2v) is 5.39. The molecule has 4 aliphatic heterocycles. The molecule has 0 amide bonds. The summed E-state index contributed by atoms with van der Waals surface area (Å²) in [5.41, 5.74) is 0.192. The van der Waals surface area contributed by atoms with Gasteiger partial charge >= 0.3 is 0 Å². The van der Waals surface area contributed by atoms with E-state index in [0.717, 1.165) is 32.6 Å². The van der Waals surface area contributed by atoms with E-state index in [1.54, 1.807) is 0 Å². The molecular formula is C11H20N2O. The average molecular weight is 196 g/mol. The molecule has 14 heavy (non-hydrogen) atoms. The number of aliphatic hydroxyl groups excluding tert-OH is 1. The number of fused-ring (bicyclic) bond motifs is 1. The lowest BCUT2D eigenvalue weighted by molar-refractivity contribution is -0.117. The van der Waals surface area contributed by atoms with E-state index in [4.69, 9.17) is 0 Å². The molecule has 4 rings (SSSR count). The highest BCUT2D eigenvalue weighted by atomic mass is 16.3. The van der Waals surface area contributed by atoms with Gasteiger partial charge < -0.3 is 14.9 Å². The SMILES string of the molecule is CCC12CN3CCN(CC(C3)[C@@H]1O)C2. The van der Waals surface area contributed by atoms with Gasteiger partial charge in [0.05, 0.1) is 6.10 Å². The zero-order valence-corrected chi connectivity index (χ0v) is 8.95. The number of piperidine rings is 2. The predicted octanol–water partition coefficient (Wildman–Crippen LogP) is 0.00470. The van der Waals surface area contributed by atoms with Crippen molar-refractivity contribution in [2.45, 2.75) is 19.4 Å². The molecule has 0 aromatic heterocycles. The van der Waals surface area contributed by atoms with Crippen molar-refractivity contribution in [2.24, 2.45) is 11.3 Å². The van der Waals surface area contributed by atoms with Crippen LogP contribution in [0.5, 0.6) is 0 Å². The maximum Gasteiger partial charge on any atom is 0.0673 e. The first-order valence-corrected chi connectivity index (χ1v) is 5.86. The fraction of sp³-hybridized carbons (Fsp3) is 1.00. The fourth-order valence-corrected chi connectivity index (χ4v) is 3.73. The van der Waals surface area contributed by atoms with Gasteiger partial charge in [0, 0.05) is 50.6 Å². The first-order chi connectivity index (χ1) is 6.73. The Kier molecular flexibility index (Phi) is 1.92. The number of rotatable bonds is 1. The molecule has 4 aliphatic rings. The topological polar surface area (TPSA) is 26.7 Å². The largest absolute Gasteiger partial charge is 0.392 e. The summed E-state index contributed by atoms with van der Waals surface area (Å²) in [6.07, 6.45) is 1.08. The van der Waals surface area contributed by atoms with Crippen molar-refractivity contribution in [3.05, 3.63) is 0 Å². The molecule has 0 aliphatic carbocycles. The maximum absolute atomic E-state index is 10.3. The van der Waals surface area contributed by atoms with Crippen LogP contribution in [0.2, 0.25) is 0 Å². The van der Waals surface area contributed by atoms with Crippen LogP contribution in [-0.4, -0.2) is 60.3 Å². The van der Waals surface area contributed by atoms with Crippen LogP contribution in [0.1, 0.15) is 13.3 Å². The van der Waals surface area contributed by atoms with Gasteiger partial charge in [-0.15, -0.1) is 0 Å². The third-order valence-corrected chi connectivity index (χ3v) is 4.57. The molecule has 80 valence electrons. The first-order valence-electron chi connectivity index (χ1n) is 5.86. The Balaban J connectivity index is 1.97. The van der Waals surface area contributed by atoms with Gasteiger partial charge in [0.25, 0.3) is 0 Å². The molecular weight excluding hydrogens is 176 g/mol. The van der Waals surface area contributed by atoms with Crippen molar-refractivity contribution in [2.75, 3.05) is 39.3 Å². The van der Waals surface area contributed by atoms with E-state index in [1.165, 1.54) is 13.1 Å². The van der Waals surface area contributed by atoms with Crippen LogP contribution in [0.3, 0.4) is 0 Å². The van der Waals surface area contributed by atoms with E-state index in [-0.39, 0.29) is 11.5 Å². The van der Waals surface area contributed by atoms with Gasteiger partial charge in [0.15, 0.2) is 0 Å². The van der Waals surface area contributed by atoms with Gasteiger partial charge in [0.1, 0.15) is 0 Å². The third-order valence-electron chi connectivity index (χ3n) is 4.57. The Bertz CT molecular complexity index is 227. The minimum absolute atomic E-state index is 0.0434. The normalized spacial score (nSPS) is 56.1. The lowest BCUT2D eigenvalue weighted by Crippen LogP contribution is -2.63. The van der Waals surface area contributed by atoms with Crippen molar-refractivity contribution < 1.29 is 5.11 Å². The molecule has 0 aromatic carbocycles. The number of nitrogens with zero attached hydrogens (tertiary/aromatic N) is 2. The summed E-state index contributed by atoms with van der Waals surface area (Å²) in [6, 6.07) is 0. The molecule has 4 saturated heterocycles. The highest BCUT2D eigenvalue weighted by Gasteiger charge is 2.52. The molecule has 0 saturated carbocycles. The predicted molar refractivity (Wildman–Crippen MR) is 55.1 cm³/mol. The highest BCUT2D eigenvalue weighted by molar-refractivity contribution is 5.05. The van der Waals surface area contributed by atoms with E-state index < -0.39 is 0 Å². The van der Waals surface area contributed by atoms with Gasteiger partial charge in [-0.2, -0.15) is 0 Å². The smallest absolute Gasteiger partial charge is 0.0673 e. The van der Waals surface area contributed by atoms with Crippen molar-refractivity contribution in [3.8, 4) is 0 Å². The van der Waals surface area contributed by atoms with Gasteiger partial charge in [-0.1, -0.05) is 6.92 Å². The molecule has 3 nitrogen and oxygen atoms in total. The monoisotopic (exact) mass is 196 g/mol. The lowest BCUT2D eigenvalue weighted by atomic mass is 9.68. The van der Waals surface area contributed by atoms with Gasteiger partial charge in [0.2, 0.25) is 0 Å². The van der Waals surface area contributed by atoms with E-state index in [2.05, 4.69) is 16.7 Å². The third kappa shape index (κ3) is 1.09. The number of hydrogen-bond donors (Lipinski definition) is 1. The van der Waals surface area contributed by atoms with Crippen molar-refractivity contribution in [1.29, 1.82) is 0 Å². The van der Waals surface area contributed by atoms with Gasteiger partial charge in [-0.05, 0) is 6.42 Å². The average Bonchev–Trinajstić information content (AvgIpc) is 2.41. The summed E-state index contributed by atoms with van der Waals surface area (Å²) < 4.78 is 0. The van der Waals surface area contributed by atoms with Crippen molar-refractivity contribution >= 4 is 0 Å². The van der Waals surface area contributed by atoms with Crippen LogP contribution in [0.15, 0.2) is 0 Å². The Morgan fingerprint density at radius 2 is 1.79 bits per heavy atom. The van der Waals surface area contributed by atoms with Crippen LogP contribution in [0.25, 0.3) is 0 Å². The molecule has 0 aromatic rings. The summed E-state index contributed by atoms with van der Waals surface area (Å²) in [5.74, 6) is 0.514. The molecule has 3 atom stereocenters. The first kappa shape index (κ1) is 9.13. The summed E-state index contributed by atoms with van der Waals surface area (Å²) >= 11 is 0. The zero-order chi connectivity index (χ0) is 9.76. The molecule has 4 heterocycles. The Morgan fingerprint density at radius 3 is 2.29 bits per heavy atom. The minimum atomic E-state index is -0.0434. The fourth-order valence-electron chi connectivity index (χ4n) is 3.73. The highest BCUT2D eigenvalue weighted by Crippen LogP contribution is 2.42. The number of hydrogen-bond acceptors (Lipinski definition) is 3. The van der Waals surface area contributed by atoms with Crippen molar-refractivity contribution in [1.82, 2.24) is 9.80 Å². The van der Waals surface area contributed by atoms with Crippen LogP contribution in [-0.2, 0) is 0 Å².